The molecule has 1 aromatic carbocycles. The van der Waals surface area contributed by atoms with Gasteiger partial charge >= 0.3 is 0 Å². The molecule has 2 heterocycles. The fourth-order valence-electron chi connectivity index (χ4n) is 2.54. The first kappa shape index (κ1) is 17.8. The standard InChI is InChI=1S/C15H19N2O.CH3.Y/c1-3-15(17-9-11-18-12-10-17)4-2-13(1)14-5-7-16-8-6-14;;/h1-5H,6-12H2;1H3;/q2*-1;. The molecular formula is C16H22N2OY-2. The van der Waals surface area contributed by atoms with Gasteiger partial charge in [0.15, 0.2) is 0 Å². The fourth-order valence-corrected chi connectivity index (χ4v) is 2.54. The summed E-state index contributed by atoms with van der Waals surface area (Å²) in [6.07, 6.45) is 3.32. The average Bonchev–Trinajstić information content (AvgIpc) is 2.49. The topological polar surface area (TPSA) is 26.6 Å². The van der Waals surface area contributed by atoms with Crippen molar-refractivity contribution in [3.8, 4) is 0 Å². The minimum Gasteiger partial charge on any atom is -0.659 e. The smallest absolute Gasteiger partial charge is 0.0642 e. The number of nitrogens with zero attached hydrogens (tertiary/aromatic N) is 2. The molecule has 3 rings (SSSR count). The fraction of sp³-hybridized carbons (Fsp3) is 0.438. The molecule has 0 amide bonds. The zero-order valence-electron chi connectivity index (χ0n) is 12.2. The zero-order valence-corrected chi connectivity index (χ0v) is 15.1. The van der Waals surface area contributed by atoms with Gasteiger partial charge in [0.05, 0.1) is 13.2 Å². The van der Waals surface area contributed by atoms with Crippen LogP contribution in [0.15, 0.2) is 30.3 Å². The zero-order chi connectivity index (χ0) is 12.2. The van der Waals surface area contributed by atoms with E-state index in [0.717, 1.165) is 45.8 Å². The van der Waals surface area contributed by atoms with E-state index in [1.807, 2.05) is 0 Å². The molecule has 3 nitrogen and oxygen atoms in total. The van der Waals surface area contributed by atoms with E-state index >= 15 is 0 Å². The maximum absolute atomic E-state index is 5.38. The summed E-state index contributed by atoms with van der Waals surface area (Å²) < 4.78 is 5.38. The summed E-state index contributed by atoms with van der Waals surface area (Å²) in [5.74, 6) is 0. The Morgan fingerprint density at radius 2 is 1.75 bits per heavy atom. The van der Waals surface area contributed by atoms with Crippen molar-refractivity contribution < 1.29 is 37.4 Å². The molecule has 1 fully saturated rings. The third kappa shape index (κ3) is 4.39. The van der Waals surface area contributed by atoms with E-state index in [1.54, 1.807) is 0 Å². The number of anilines is 1. The molecule has 0 aromatic heterocycles. The van der Waals surface area contributed by atoms with E-state index in [9.17, 15) is 0 Å². The van der Waals surface area contributed by atoms with Crippen LogP contribution in [0.4, 0.5) is 5.69 Å². The van der Waals surface area contributed by atoms with Crippen molar-refractivity contribution in [3.05, 3.63) is 48.6 Å². The van der Waals surface area contributed by atoms with Crippen LogP contribution in [-0.2, 0) is 37.4 Å². The van der Waals surface area contributed by atoms with Gasteiger partial charge in [0, 0.05) is 51.5 Å². The van der Waals surface area contributed by atoms with Gasteiger partial charge in [-0.25, -0.2) is 0 Å². The summed E-state index contributed by atoms with van der Waals surface area (Å²) in [5.41, 5.74) is 4.10. The van der Waals surface area contributed by atoms with Gasteiger partial charge in [0.2, 0.25) is 0 Å². The van der Waals surface area contributed by atoms with Crippen LogP contribution in [0.2, 0.25) is 0 Å². The molecule has 0 saturated carbocycles. The molecule has 1 aromatic rings. The first-order valence-electron chi connectivity index (χ1n) is 6.69. The minimum absolute atomic E-state index is 0. The number of ether oxygens (including phenoxy) is 1. The van der Waals surface area contributed by atoms with Crippen molar-refractivity contribution in [1.29, 1.82) is 0 Å². The summed E-state index contributed by atoms with van der Waals surface area (Å²) in [5, 5.41) is 4.35. The summed E-state index contributed by atoms with van der Waals surface area (Å²) >= 11 is 0. The van der Waals surface area contributed by atoms with Crippen LogP contribution >= 0.6 is 0 Å². The van der Waals surface area contributed by atoms with E-state index in [2.05, 4.69) is 40.6 Å². The number of benzene rings is 1. The second kappa shape index (κ2) is 8.94. The van der Waals surface area contributed by atoms with Crippen molar-refractivity contribution in [2.24, 2.45) is 0 Å². The third-order valence-electron chi connectivity index (χ3n) is 3.62. The largest absolute Gasteiger partial charge is 0.659 e. The molecule has 20 heavy (non-hydrogen) atoms. The van der Waals surface area contributed by atoms with Gasteiger partial charge in [-0.3, -0.25) is 0 Å². The Kier molecular flexibility index (Phi) is 7.97. The Bertz CT molecular complexity index is 425. The molecule has 107 valence electrons. The Hall–Kier alpha value is -0.216. The maximum atomic E-state index is 5.38. The SMILES string of the molecule is C1=C(c2ccc(N3CCOCC3)cc2)CC[N-]C1.[CH3-].[Y]. The summed E-state index contributed by atoms with van der Waals surface area (Å²) in [4.78, 5) is 2.39. The van der Waals surface area contributed by atoms with Gasteiger partial charge in [0.1, 0.15) is 0 Å². The van der Waals surface area contributed by atoms with Crippen molar-refractivity contribution in [2.75, 3.05) is 44.3 Å². The number of hydrogen-bond acceptors (Lipinski definition) is 2. The molecule has 2 aliphatic rings. The van der Waals surface area contributed by atoms with Gasteiger partial charge < -0.3 is 22.4 Å². The minimum atomic E-state index is 0. The van der Waals surface area contributed by atoms with Crippen LogP contribution in [0, 0.1) is 7.43 Å². The van der Waals surface area contributed by atoms with E-state index in [0.29, 0.717) is 0 Å². The average molecular weight is 347 g/mol. The molecule has 1 radical (unpaired) electrons. The van der Waals surface area contributed by atoms with E-state index in [1.165, 1.54) is 16.8 Å². The first-order chi connectivity index (χ1) is 8.93. The van der Waals surface area contributed by atoms with Crippen LogP contribution in [0.3, 0.4) is 0 Å². The van der Waals surface area contributed by atoms with Gasteiger partial charge in [-0.15, -0.1) is 19.2 Å². The normalized spacial score (nSPS) is 18.6. The monoisotopic (exact) mass is 347 g/mol. The Balaban J connectivity index is 0.000001000. The molecular weight excluding hydrogens is 325 g/mol. The van der Waals surface area contributed by atoms with Gasteiger partial charge in [-0.05, 0) is 29.7 Å². The second-order valence-electron chi connectivity index (χ2n) is 4.76. The predicted molar refractivity (Wildman–Crippen MR) is 81.6 cm³/mol. The Morgan fingerprint density at radius 1 is 1.05 bits per heavy atom. The number of morpholine rings is 1. The van der Waals surface area contributed by atoms with Crippen LogP contribution in [0.25, 0.3) is 10.9 Å². The molecule has 0 atom stereocenters. The molecule has 1 saturated heterocycles. The Morgan fingerprint density at radius 3 is 2.35 bits per heavy atom. The van der Waals surface area contributed by atoms with Crippen molar-refractivity contribution in [3.63, 3.8) is 0 Å². The van der Waals surface area contributed by atoms with E-state index < -0.39 is 0 Å². The summed E-state index contributed by atoms with van der Waals surface area (Å²) in [6, 6.07) is 8.93. The summed E-state index contributed by atoms with van der Waals surface area (Å²) in [7, 11) is 0. The van der Waals surface area contributed by atoms with Crippen molar-refractivity contribution in [2.45, 2.75) is 6.42 Å². The molecule has 0 aliphatic carbocycles. The molecule has 0 bridgehead atoms. The van der Waals surface area contributed by atoms with E-state index in [-0.39, 0.29) is 40.1 Å². The van der Waals surface area contributed by atoms with Crippen LogP contribution in [0.5, 0.6) is 0 Å². The molecule has 2 aliphatic heterocycles. The van der Waals surface area contributed by atoms with Crippen molar-refractivity contribution in [1.82, 2.24) is 0 Å². The first-order valence-corrected chi connectivity index (χ1v) is 6.69. The van der Waals surface area contributed by atoms with Crippen LogP contribution < -0.4 is 4.90 Å². The van der Waals surface area contributed by atoms with E-state index in [4.69, 9.17) is 4.74 Å². The number of rotatable bonds is 2. The van der Waals surface area contributed by atoms with Gasteiger partial charge in [-0.2, -0.15) is 0 Å². The molecule has 0 N–H and O–H groups in total. The number of hydrogen-bond donors (Lipinski definition) is 0. The second-order valence-corrected chi connectivity index (χ2v) is 4.76. The van der Waals surface area contributed by atoms with Crippen LogP contribution in [-0.4, -0.2) is 39.4 Å². The molecule has 0 unspecified atom stereocenters. The molecule has 0 spiro atoms. The van der Waals surface area contributed by atoms with Gasteiger partial charge in [-0.1, -0.05) is 12.1 Å². The van der Waals surface area contributed by atoms with Crippen LogP contribution in [0.1, 0.15) is 12.0 Å². The predicted octanol–water partition coefficient (Wildman–Crippen LogP) is 3.13. The third-order valence-corrected chi connectivity index (χ3v) is 3.62. The Labute approximate surface area is 147 Å². The van der Waals surface area contributed by atoms with Gasteiger partial charge in [0.25, 0.3) is 0 Å². The maximum Gasteiger partial charge on any atom is 0.0642 e. The molecule has 4 heteroatoms. The van der Waals surface area contributed by atoms with Crippen molar-refractivity contribution >= 4 is 11.3 Å². The quantitative estimate of drug-likeness (QED) is 0.769. The summed E-state index contributed by atoms with van der Waals surface area (Å²) in [6.45, 7) is 5.53.